The average molecular weight is 154 g/mol. The largest absolute Gasteiger partial charge is 0.374 e. The fourth-order valence-corrected chi connectivity index (χ4v) is 1.61. The predicted molar refractivity (Wildman–Crippen MR) is 47.6 cm³/mol. The normalized spacial score (nSPS) is 37.5. The van der Waals surface area contributed by atoms with Crippen LogP contribution in [0.15, 0.2) is 12.2 Å². The quantitative estimate of drug-likeness (QED) is 0.568. The van der Waals surface area contributed by atoms with Gasteiger partial charge in [0.25, 0.3) is 0 Å². The molecule has 2 atom stereocenters. The number of allylic oxidation sites excluding steroid dienone is 1. The second-order valence-corrected chi connectivity index (χ2v) is 3.50. The minimum Gasteiger partial charge on any atom is -0.374 e. The molecule has 1 heteroatoms. The van der Waals surface area contributed by atoms with Gasteiger partial charge < -0.3 is 4.74 Å². The molecule has 1 fully saturated rings. The van der Waals surface area contributed by atoms with Gasteiger partial charge in [-0.05, 0) is 26.7 Å². The summed E-state index contributed by atoms with van der Waals surface area (Å²) in [6, 6.07) is 0. The lowest BCUT2D eigenvalue weighted by Gasteiger charge is -2.46. The number of hydrogen-bond donors (Lipinski definition) is 0. The van der Waals surface area contributed by atoms with Crippen LogP contribution in [-0.4, -0.2) is 12.2 Å². The molecule has 0 radical (unpaired) electrons. The third-order valence-electron chi connectivity index (χ3n) is 2.73. The summed E-state index contributed by atoms with van der Waals surface area (Å²) in [7, 11) is 0. The molecule has 2 unspecified atom stereocenters. The van der Waals surface area contributed by atoms with Crippen LogP contribution in [0.1, 0.15) is 33.6 Å². The third-order valence-corrected chi connectivity index (χ3v) is 2.73. The van der Waals surface area contributed by atoms with E-state index in [4.69, 9.17) is 4.74 Å². The topological polar surface area (TPSA) is 9.23 Å². The summed E-state index contributed by atoms with van der Waals surface area (Å²) in [6.07, 6.45) is 6.61. The Morgan fingerprint density at radius 2 is 2.36 bits per heavy atom. The Balaban J connectivity index is 2.40. The van der Waals surface area contributed by atoms with Gasteiger partial charge in [0.15, 0.2) is 0 Å². The zero-order chi connectivity index (χ0) is 8.32. The van der Waals surface area contributed by atoms with Crippen molar-refractivity contribution in [2.24, 2.45) is 5.92 Å². The van der Waals surface area contributed by atoms with E-state index in [0.717, 1.165) is 18.9 Å². The van der Waals surface area contributed by atoms with Crippen molar-refractivity contribution in [3.05, 3.63) is 12.2 Å². The van der Waals surface area contributed by atoms with Crippen molar-refractivity contribution in [3.8, 4) is 0 Å². The molecule has 1 aliphatic heterocycles. The van der Waals surface area contributed by atoms with Gasteiger partial charge in [0.05, 0.1) is 12.2 Å². The van der Waals surface area contributed by atoms with Crippen molar-refractivity contribution < 1.29 is 4.74 Å². The monoisotopic (exact) mass is 154 g/mol. The molecule has 1 nitrogen and oxygen atoms in total. The summed E-state index contributed by atoms with van der Waals surface area (Å²) >= 11 is 0. The van der Waals surface area contributed by atoms with Crippen LogP contribution in [0.4, 0.5) is 0 Å². The fraction of sp³-hybridized carbons (Fsp3) is 0.800. The lowest BCUT2D eigenvalue weighted by atomic mass is 9.80. The lowest BCUT2D eigenvalue weighted by Crippen LogP contribution is -2.50. The predicted octanol–water partition coefficient (Wildman–Crippen LogP) is 2.77. The Morgan fingerprint density at radius 3 is 2.73 bits per heavy atom. The molecule has 0 aliphatic carbocycles. The van der Waals surface area contributed by atoms with E-state index >= 15 is 0 Å². The number of ether oxygens (including phenoxy) is 1. The Labute approximate surface area is 69.4 Å². The van der Waals surface area contributed by atoms with E-state index in [2.05, 4.69) is 32.9 Å². The van der Waals surface area contributed by atoms with Crippen molar-refractivity contribution in [1.29, 1.82) is 0 Å². The molecule has 1 saturated heterocycles. The first-order chi connectivity index (χ1) is 5.23. The Morgan fingerprint density at radius 1 is 1.64 bits per heavy atom. The van der Waals surface area contributed by atoms with Crippen LogP contribution in [0.3, 0.4) is 0 Å². The lowest BCUT2D eigenvalue weighted by molar-refractivity contribution is -0.191. The molecule has 0 aromatic carbocycles. The van der Waals surface area contributed by atoms with Crippen LogP contribution in [0.5, 0.6) is 0 Å². The van der Waals surface area contributed by atoms with E-state index in [1.807, 2.05) is 0 Å². The van der Waals surface area contributed by atoms with Crippen molar-refractivity contribution in [2.75, 3.05) is 6.61 Å². The molecule has 0 aromatic rings. The summed E-state index contributed by atoms with van der Waals surface area (Å²) in [5, 5.41) is 0. The van der Waals surface area contributed by atoms with E-state index in [1.165, 1.54) is 6.42 Å². The molecule has 0 N–H and O–H groups in total. The van der Waals surface area contributed by atoms with Crippen molar-refractivity contribution in [3.63, 3.8) is 0 Å². The zero-order valence-electron chi connectivity index (χ0n) is 7.76. The van der Waals surface area contributed by atoms with Crippen molar-refractivity contribution in [1.82, 2.24) is 0 Å². The van der Waals surface area contributed by atoms with Crippen LogP contribution < -0.4 is 0 Å². The minimum absolute atomic E-state index is 0.154. The minimum atomic E-state index is 0.154. The third kappa shape index (κ3) is 1.64. The molecule has 0 bridgehead atoms. The SMILES string of the molecule is CC=CCC1(C)OCC1CC. The van der Waals surface area contributed by atoms with E-state index in [0.29, 0.717) is 0 Å². The number of rotatable bonds is 3. The highest BCUT2D eigenvalue weighted by atomic mass is 16.5. The van der Waals surface area contributed by atoms with Crippen LogP contribution >= 0.6 is 0 Å². The highest BCUT2D eigenvalue weighted by molar-refractivity contribution is 4.97. The van der Waals surface area contributed by atoms with E-state index in [9.17, 15) is 0 Å². The summed E-state index contributed by atoms with van der Waals surface area (Å²) < 4.78 is 5.57. The average Bonchev–Trinajstić information content (AvgIpc) is 1.99. The Hall–Kier alpha value is -0.300. The first-order valence-electron chi connectivity index (χ1n) is 4.48. The second-order valence-electron chi connectivity index (χ2n) is 3.50. The molecule has 1 aliphatic rings. The summed E-state index contributed by atoms with van der Waals surface area (Å²) in [6.45, 7) is 7.47. The molecule has 1 heterocycles. The van der Waals surface area contributed by atoms with Gasteiger partial charge in [-0.15, -0.1) is 0 Å². The van der Waals surface area contributed by atoms with E-state index in [-0.39, 0.29) is 5.60 Å². The van der Waals surface area contributed by atoms with Gasteiger partial charge in [-0.25, -0.2) is 0 Å². The molecule has 1 rings (SSSR count). The van der Waals surface area contributed by atoms with Gasteiger partial charge in [0.1, 0.15) is 0 Å². The Bertz CT molecular complexity index is 149. The van der Waals surface area contributed by atoms with Gasteiger partial charge >= 0.3 is 0 Å². The molecule has 11 heavy (non-hydrogen) atoms. The maximum absolute atomic E-state index is 5.57. The first kappa shape index (κ1) is 8.79. The maximum atomic E-state index is 5.57. The standard InChI is InChI=1S/C10H18O/c1-4-6-7-10(3)9(5-2)8-11-10/h4,6,9H,5,7-8H2,1-3H3. The van der Waals surface area contributed by atoms with Crippen LogP contribution in [0.25, 0.3) is 0 Å². The number of hydrogen-bond acceptors (Lipinski definition) is 1. The fourth-order valence-electron chi connectivity index (χ4n) is 1.61. The van der Waals surface area contributed by atoms with Crippen molar-refractivity contribution >= 4 is 0 Å². The zero-order valence-corrected chi connectivity index (χ0v) is 7.76. The molecule has 0 aromatic heterocycles. The second kappa shape index (κ2) is 3.40. The molecule has 0 saturated carbocycles. The summed E-state index contributed by atoms with van der Waals surface area (Å²) in [4.78, 5) is 0. The van der Waals surface area contributed by atoms with Gasteiger partial charge in [-0.2, -0.15) is 0 Å². The molecular weight excluding hydrogens is 136 g/mol. The summed E-state index contributed by atoms with van der Waals surface area (Å²) in [5.74, 6) is 0.777. The highest BCUT2D eigenvalue weighted by Crippen LogP contribution is 2.37. The molecule has 64 valence electrons. The molecule has 0 spiro atoms. The highest BCUT2D eigenvalue weighted by Gasteiger charge is 2.41. The van der Waals surface area contributed by atoms with Crippen LogP contribution in [0.2, 0.25) is 0 Å². The maximum Gasteiger partial charge on any atom is 0.0738 e. The van der Waals surface area contributed by atoms with E-state index in [1.54, 1.807) is 0 Å². The first-order valence-corrected chi connectivity index (χ1v) is 4.48. The van der Waals surface area contributed by atoms with Gasteiger partial charge in [-0.3, -0.25) is 0 Å². The molecule has 0 amide bonds. The van der Waals surface area contributed by atoms with Crippen molar-refractivity contribution in [2.45, 2.75) is 39.2 Å². The van der Waals surface area contributed by atoms with Crippen LogP contribution in [-0.2, 0) is 4.74 Å². The van der Waals surface area contributed by atoms with Gasteiger partial charge in [-0.1, -0.05) is 19.1 Å². The molecular formula is C10H18O. The summed E-state index contributed by atoms with van der Waals surface area (Å²) in [5.41, 5.74) is 0.154. The van der Waals surface area contributed by atoms with E-state index < -0.39 is 0 Å². The Kier molecular flexibility index (Phi) is 2.72. The van der Waals surface area contributed by atoms with Gasteiger partial charge in [0.2, 0.25) is 0 Å². The van der Waals surface area contributed by atoms with Gasteiger partial charge in [0, 0.05) is 5.92 Å². The smallest absolute Gasteiger partial charge is 0.0738 e. The van der Waals surface area contributed by atoms with Crippen LogP contribution in [0, 0.1) is 5.92 Å².